The number of amides is 1. The van der Waals surface area contributed by atoms with Crippen LogP contribution in [0.1, 0.15) is 42.4 Å². The molecule has 0 bridgehead atoms. The molecule has 0 fully saturated rings. The molecule has 1 aromatic heterocycles. The second kappa shape index (κ2) is 9.55. The summed E-state index contributed by atoms with van der Waals surface area (Å²) in [7, 11) is -4.21. The molecule has 1 amide bonds. The quantitative estimate of drug-likeness (QED) is 0.388. The number of benzene rings is 3. The van der Waals surface area contributed by atoms with Crippen molar-refractivity contribution >= 4 is 38.7 Å². The lowest BCUT2D eigenvalue weighted by atomic mass is 9.90. The highest BCUT2D eigenvalue weighted by Crippen LogP contribution is 2.28. The average Bonchev–Trinajstić information content (AvgIpc) is 3.26. The Balaban J connectivity index is 1.69. The monoisotopic (exact) mass is 501 g/mol. The molecule has 1 heterocycles. The van der Waals surface area contributed by atoms with Gasteiger partial charge in [-0.1, -0.05) is 38.1 Å². The van der Waals surface area contributed by atoms with E-state index in [1.165, 1.54) is 18.2 Å². The maximum absolute atomic E-state index is 14.4. The second-order valence-electron chi connectivity index (χ2n) is 8.16. The van der Waals surface area contributed by atoms with Crippen molar-refractivity contribution < 1.29 is 22.0 Å². The van der Waals surface area contributed by atoms with Gasteiger partial charge in [-0.05, 0) is 59.9 Å². The number of sulfonamides is 1. The number of carbonyl (C=O) groups is 1. The normalized spacial score (nSPS) is 12.7. The summed E-state index contributed by atoms with van der Waals surface area (Å²) >= 11 is 0.984. The molecule has 0 aliphatic heterocycles. The smallest absolute Gasteiger partial charge is 0.264 e. The fourth-order valence-electron chi connectivity index (χ4n) is 3.60. The predicted octanol–water partition coefficient (Wildman–Crippen LogP) is 4.92. The molecule has 6 nitrogen and oxygen atoms in total. The molecule has 0 saturated carbocycles. The van der Waals surface area contributed by atoms with E-state index in [2.05, 4.69) is 13.5 Å². The summed E-state index contributed by atoms with van der Waals surface area (Å²) in [5, 5.41) is 0. The summed E-state index contributed by atoms with van der Waals surface area (Å²) in [6.45, 7) is 3.96. The van der Waals surface area contributed by atoms with Gasteiger partial charge in [-0.25, -0.2) is 21.9 Å². The summed E-state index contributed by atoms with van der Waals surface area (Å²) in [6.07, 6.45) is -0.380. The molecule has 3 aromatic carbocycles. The minimum Gasteiger partial charge on any atom is -0.273 e. The average molecular weight is 502 g/mol. The van der Waals surface area contributed by atoms with Crippen molar-refractivity contribution in [3.63, 3.8) is 0 Å². The van der Waals surface area contributed by atoms with Gasteiger partial charge in [-0.2, -0.15) is 8.75 Å². The van der Waals surface area contributed by atoms with E-state index in [-0.39, 0.29) is 22.8 Å². The highest BCUT2D eigenvalue weighted by atomic mass is 32.2. The van der Waals surface area contributed by atoms with Crippen molar-refractivity contribution in [3.05, 3.63) is 89.0 Å². The number of fused-ring (bicyclic) bond motifs is 1. The van der Waals surface area contributed by atoms with E-state index < -0.39 is 33.5 Å². The first-order valence-electron chi connectivity index (χ1n) is 10.5. The molecule has 4 rings (SSSR count). The summed E-state index contributed by atoms with van der Waals surface area (Å²) in [5.74, 6) is -3.52. The van der Waals surface area contributed by atoms with Crippen LogP contribution in [0.5, 0.6) is 0 Å². The molecular formula is C24H21F2N3O3S2. The first kappa shape index (κ1) is 23.9. The maximum atomic E-state index is 14.4. The van der Waals surface area contributed by atoms with E-state index in [0.717, 1.165) is 29.4 Å². The molecule has 4 aromatic rings. The molecule has 1 N–H and O–H groups in total. The Morgan fingerprint density at radius 1 is 0.941 bits per heavy atom. The van der Waals surface area contributed by atoms with Crippen molar-refractivity contribution in [2.75, 3.05) is 0 Å². The maximum Gasteiger partial charge on any atom is 0.264 e. The number of halogens is 2. The lowest BCUT2D eigenvalue weighted by molar-refractivity contribution is -0.120. The number of nitrogens with one attached hydrogen (secondary N) is 1. The zero-order valence-electron chi connectivity index (χ0n) is 18.3. The zero-order chi connectivity index (χ0) is 24.5. The Morgan fingerprint density at radius 2 is 1.56 bits per heavy atom. The highest BCUT2D eigenvalue weighted by molar-refractivity contribution is 7.90. The van der Waals surface area contributed by atoms with Gasteiger partial charge in [0.2, 0.25) is 5.91 Å². The van der Waals surface area contributed by atoms with Gasteiger partial charge in [-0.15, -0.1) is 0 Å². The largest absolute Gasteiger partial charge is 0.273 e. The van der Waals surface area contributed by atoms with Gasteiger partial charge in [0, 0.05) is 5.56 Å². The number of hydrogen-bond donors (Lipinski definition) is 1. The van der Waals surface area contributed by atoms with Crippen LogP contribution in [0, 0.1) is 11.6 Å². The third-order valence-corrected chi connectivity index (χ3v) is 7.48. The van der Waals surface area contributed by atoms with E-state index in [4.69, 9.17) is 0 Å². The summed E-state index contributed by atoms with van der Waals surface area (Å²) in [5.41, 5.74) is 2.11. The van der Waals surface area contributed by atoms with Crippen molar-refractivity contribution in [2.24, 2.45) is 0 Å². The molecule has 34 heavy (non-hydrogen) atoms. The van der Waals surface area contributed by atoms with Crippen LogP contribution in [0.25, 0.3) is 11.0 Å². The van der Waals surface area contributed by atoms with Crippen molar-refractivity contribution in [1.82, 2.24) is 13.5 Å². The lowest BCUT2D eigenvalue weighted by Gasteiger charge is -2.18. The van der Waals surface area contributed by atoms with Crippen LogP contribution >= 0.6 is 11.7 Å². The third kappa shape index (κ3) is 4.97. The van der Waals surface area contributed by atoms with Gasteiger partial charge in [0.25, 0.3) is 10.0 Å². The third-order valence-electron chi connectivity index (χ3n) is 5.56. The van der Waals surface area contributed by atoms with E-state index in [9.17, 15) is 22.0 Å². The summed E-state index contributed by atoms with van der Waals surface area (Å²) in [6, 6.07) is 14.4. The highest BCUT2D eigenvalue weighted by Gasteiger charge is 2.29. The van der Waals surface area contributed by atoms with E-state index in [1.807, 2.05) is 13.8 Å². The Bertz CT molecular complexity index is 1430. The molecule has 0 aliphatic rings. The van der Waals surface area contributed by atoms with E-state index >= 15 is 0 Å². The Kier molecular flexibility index (Phi) is 6.72. The van der Waals surface area contributed by atoms with Crippen LogP contribution < -0.4 is 4.72 Å². The molecular weight excluding hydrogens is 480 g/mol. The van der Waals surface area contributed by atoms with Crippen molar-refractivity contribution in [1.29, 1.82) is 0 Å². The first-order chi connectivity index (χ1) is 16.2. The fraction of sp³-hybridized carbons (Fsp3) is 0.208. The summed E-state index contributed by atoms with van der Waals surface area (Å²) in [4.78, 5) is 13.2. The van der Waals surface area contributed by atoms with Gasteiger partial charge in [0.1, 0.15) is 22.7 Å². The molecule has 1 unspecified atom stereocenters. The Hall–Kier alpha value is -3.24. The molecule has 10 heteroatoms. The molecule has 0 spiro atoms. The van der Waals surface area contributed by atoms with Crippen LogP contribution in [0.2, 0.25) is 0 Å². The predicted molar refractivity (Wildman–Crippen MR) is 126 cm³/mol. The van der Waals surface area contributed by atoms with Crippen LogP contribution in [0.3, 0.4) is 0 Å². The zero-order valence-corrected chi connectivity index (χ0v) is 20.0. The SMILES string of the molecule is CC(C)c1ccc(S(=O)(=O)NC(=O)C(Cc2c(F)cccc2F)c2ccc3nsnc3c2)cc1. The molecule has 0 aliphatic carbocycles. The van der Waals surface area contributed by atoms with Gasteiger partial charge in [0.05, 0.1) is 22.5 Å². The first-order valence-corrected chi connectivity index (χ1v) is 12.7. The lowest BCUT2D eigenvalue weighted by Crippen LogP contribution is -2.35. The number of carbonyl (C=O) groups excluding carboxylic acids is 1. The van der Waals surface area contributed by atoms with Crippen LogP contribution in [0.4, 0.5) is 8.78 Å². The van der Waals surface area contributed by atoms with Crippen LogP contribution in [0.15, 0.2) is 65.6 Å². The minimum absolute atomic E-state index is 0.0831. The van der Waals surface area contributed by atoms with Crippen LogP contribution in [-0.4, -0.2) is 23.1 Å². The number of nitrogens with zero attached hydrogens (tertiary/aromatic N) is 2. The van der Waals surface area contributed by atoms with Crippen molar-refractivity contribution in [2.45, 2.75) is 37.0 Å². The molecule has 0 saturated heterocycles. The van der Waals surface area contributed by atoms with E-state index in [1.54, 1.807) is 30.3 Å². The summed E-state index contributed by atoms with van der Waals surface area (Å²) < 4.78 is 64.9. The fourth-order valence-corrected chi connectivity index (χ4v) is 5.14. The van der Waals surface area contributed by atoms with Gasteiger partial charge in [0.15, 0.2) is 0 Å². The number of rotatable bonds is 7. The molecule has 1 atom stereocenters. The number of hydrogen-bond acceptors (Lipinski definition) is 6. The standard InChI is InChI=1S/C24H21F2N3O3S2/c1-14(2)15-6-9-17(10-7-15)34(31,32)29-24(30)18(13-19-20(25)4-3-5-21(19)26)16-8-11-22-23(12-16)28-33-27-22/h3-12,14,18H,13H2,1-2H3,(H,29,30). The van der Waals surface area contributed by atoms with Crippen molar-refractivity contribution in [3.8, 4) is 0 Å². The van der Waals surface area contributed by atoms with Crippen LogP contribution in [-0.2, 0) is 21.2 Å². The Morgan fingerprint density at radius 3 is 2.21 bits per heavy atom. The van der Waals surface area contributed by atoms with E-state index in [0.29, 0.717) is 16.6 Å². The molecule has 176 valence electrons. The van der Waals surface area contributed by atoms with Gasteiger partial charge in [-0.3, -0.25) is 4.79 Å². The Labute approximate surface area is 200 Å². The van der Waals surface area contributed by atoms with Gasteiger partial charge < -0.3 is 0 Å². The topological polar surface area (TPSA) is 89.0 Å². The van der Waals surface area contributed by atoms with Gasteiger partial charge >= 0.3 is 0 Å². The molecule has 0 radical (unpaired) electrons. The second-order valence-corrected chi connectivity index (χ2v) is 10.4. The number of aromatic nitrogens is 2. The minimum atomic E-state index is -4.21.